The molecule has 1 heterocycles. The SMILES string of the molecule is N#Cc1cc(CS(=O)c2cccc(C(=O)O)c2)ccn1. The van der Waals surface area contributed by atoms with E-state index in [1.54, 1.807) is 24.3 Å². The Bertz CT molecular complexity index is 722. The van der Waals surface area contributed by atoms with Crippen LogP contribution >= 0.6 is 0 Å². The summed E-state index contributed by atoms with van der Waals surface area (Å²) in [7, 11) is -1.37. The van der Waals surface area contributed by atoms with E-state index in [4.69, 9.17) is 10.4 Å². The first-order chi connectivity index (χ1) is 9.60. The largest absolute Gasteiger partial charge is 0.478 e. The molecule has 0 radical (unpaired) electrons. The molecule has 2 aromatic rings. The number of carboxylic acids is 1. The topological polar surface area (TPSA) is 91.0 Å². The van der Waals surface area contributed by atoms with Gasteiger partial charge in [-0.2, -0.15) is 5.26 Å². The maximum atomic E-state index is 12.2. The van der Waals surface area contributed by atoms with Crippen molar-refractivity contribution >= 4 is 16.8 Å². The fraction of sp³-hybridized carbons (Fsp3) is 0.0714. The molecule has 0 saturated carbocycles. The lowest BCUT2D eigenvalue weighted by atomic mass is 10.2. The molecule has 0 aliphatic rings. The lowest BCUT2D eigenvalue weighted by Crippen LogP contribution is -2.01. The second-order valence-corrected chi connectivity index (χ2v) is 5.44. The van der Waals surface area contributed by atoms with E-state index in [2.05, 4.69) is 4.98 Å². The highest BCUT2D eigenvalue weighted by Crippen LogP contribution is 2.14. The van der Waals surface area contributed by atoms with Crippen molar-refractivity contribution in [3.63, 3.8) is 0 Å². The average molecular weight is 286 g/mol. The first-order valence-electron chi connectivity index (χ1n) is 5.67. The number of benzene rings is 1. The van der Waals surface area contributed by atoms with Gasteiger partial charge in [-0.1, -0.05) is 6.07 Å². The zero-order chi connectivity index (χ0) is 14.5. The molecule has 5 nitrogen and oxygen atoms in total. The summed E-state index contributed by atoms with van der Waals surface area (Å²) >= 11 is 0. The van der Waals surface area contributed by atoms with Crippen molar-refractivity contribution in [1.29, 1.82) is 5.26 Å². The number of rotatable bonds is 4. The normalized spacial score (nSPS) is 11.6. The highest BCUT2D eigenvalue weighted by Gasteiger charge is 2.09. The Hall–Kier alpha value is -2.52. The minimum Gasteiger partial charge on any atom is -0.478 e. The van der Waals surface area contributed by atoms with Crippen LogP contribution in [0.5, 0.6) is 0 Å². The van der Waals surface area contributed by atoms with Crippen LogP contribution in [0, 0.1) is 11.3 Å². The van der Waals surface area contributed by atoms with Gasteiger partial charge in [0.2, 0.25) is 0 Å². The van der Waals surface area contributed by atoms with Gasteiger partial charge in [-0.3, -0.25) is 4.21 Å². The molecule has 20 heavy (non-hydrogen) atoms. The molecule has 0 aliphatic carbocycles. The van der Waals surface area contributed by atoms with Crippen LogP contribution in [-0.4, -0.2) is 20.3 Å². The molecule has 0 amide bonds. The number of aromatic carboxylic acids is 1. The van der Waals surface area contributed by atoms with Gasteiger partial charge >= 0.3 is 5.97 Å². The summed E-state index contributed by atoms with van der Waals surface area (Å²) in [6.45, 7) is 0. The predicted octanol–water partition coefficient (Wildman–Crippen LogP) is 1.96. The number of hydrogen-bond donors (Lipinski definition) is 1. The predicted molar refractivity (Wildman–Crippen MR) is 72.5 cm³/mol. The molecule has 0 fully saturated rings. The Morgan fingerprint density at radius 1 is 1.35 bits per heavy atom. The van der Waals surface area contributed by atoms with Crippen LogP contribution in [-0.2, 0) is 16.6 Å². The van der Waals surface area contributed by atoms with Crippen molar-refractivity contribution in [3.8, 4) is 6.07 Å². The lowest BCUT2D eigenvalue weighted by molar-refractivity contribution is 0.0696. The van der Waals surface area contributed by atoms with Crippen molar-refractivity contribution in [2.75, 3.05) is 0 Å². The van der Waals surface area contributed by atoms with Gasteiger partial charge in [0.25, 0.3) is 0 Å². The summed E-state index contributed by atoms with van der Waals surface area (Å²) < 4.78 is 12.2. The molecule has 0 saturated heterocycles. The first kappa shape index (κ1) is 13.9. The van der Waals surface area contributed by atoms with E-state index < -0.39 is 16.8 Å². The van der Waals surface area contributed by atoms with Gasteiger partial charge in [-0.15, -0.1) is 0 Å². The summed E-state index contributed by atoms with van der Waals surface area (Å²) in [5, 5.41) is 17.7. The fourth-order valence-electron chi connectivity index (χ4n) is 1.63. The van der Waals surface area contributed by atoms with Crippen LogP contribution in [0.3, 0.4) is 0 Å². The van der Waals surface area contributed by atoms with E-state index in [1.807, 2.05) is 6.07 Å². The van der Waals surface area contributed by atoms with E-state index in [0.29, 0.717) is 4.90 Å². The minimum atomic E-state index is -1.37. The van der Waals surface area contributed by atoms with Gasteiger partial charge in [0.15, 0.2) is 0 Å². The van der Waals surface area contributed by atoms with Gasteiger partial charge in [0, 0.05) is 11.1 Å². The van der Waals surface area contributed by atoms with Gasteiger partial charge < -0.3 is 5.11 Å². The second-order valence-electron chi connectivity index (χ2n) is 3.98. The summed E-state index contributed by atoms with van der Waals surface area (Å²) in [4.78, 5) is 15.2. The average Bonchev–Trinajstić information content (AvgIpc) is 2.47. The Balaban J connectivity index is 2.22. The Morgan fingerprint density at radius 3 is 2.85 bits per heavy atom. The van der Waals surface area contributed by atoms with E-state index in [0.717, 1.165) is 5.56 Å². The molecule has 0 spiro atoms. The van der Waals surface area contributed by atoms with E-state index in [9.17, 15) is 9.00 Å². The molecule has 0 aliphatic heterocycles. The molecule has 2 rings (SSSR count). The molecule has 1 aromatic heterocycles. The van der Waals surface area contributed by atoms with Crippen molar-refractivity contribution < 1.29 is 14.1 Å². The first-order valence-corrected chi connectivity index (χ1v) is 6.99. The molecule has 1 unspecified atom stereocenters. The number of carboxylic acid groups (broad SMARTS) is 1. The quantitative estimate of drug-likeness (QED) is 0.927. The van der Waals surface area contributed by atoms with Gasteiger partial charge in [0.05, 0.1) is 22.1 Å². The van der Waals surface area contributed by atoms with Crippen molar-refractivity contribution in [3.05, 3.63) is 59.4 Å². The number of hydrogen-bond acceptors (Lipinski definition) is 4. The van der Waals surface area contributed by atoms with Gasteiger partial charge in [-0.05, 0) is 35.9 Å². The van der Waals surface area contributed by atoms with E-state index in [-0.39, 0.29) is 17.0 Å². The maximum Gasteiger partial charge on any atom is 0.335 e. The smallest absolute Gasteiger partial charge is 0.335 e. The molecule has 0 bridgehead atoms. The van der Waals surface area contributed by atoms with Crippen LogP contribution in [0.1, 0.15) is 21.6 Å². The molecule has 1 atom stereocenters. The molecule has 1 aromatic carbocycles. The van der Waals surface area contributed by atoms with Crippen LogP contribution in [0.4, 0.5) is 0 Å². The second kappa shape index (κ2) is 6.08. The number of carbonyl (C=O) groups is 1. The Labute approximate surface area is 118 Å². The van der Waals surface area contributed by atoms with E-state index >= 15 is 0 Å². The lowest BCUT2D eigenvalue weighted by Gasteiger charge is -2.04. The number of aromatic nitrogens is 1. The Morgan fingerprint density at radius 2 is 2.15 bits per heavy atom. The Kier molecular flexibility index (Phi) is 4.23. The minimum absolute atomic E-state index is 0.100. The number of nitrogens with zero attached hydrogens (tertiary/aromatic N) is 2. The van der Waals surface area contributed by atoms with Crippen molar-refractivity contribution in [1.82, 2.24) is 4.98 Å². The zero-order valence-electron chi connectivity index (χ0n) is 10.3. The molecule has 1 N–H and O–H groups in total. The molecular formula is C14H10N2O3S. The summed E-state index contributed by atoms with van der Waals surface area (Å²) in [5.41, 5.74) is 1.08. The highest BCUT2D eigenvalue weighted by atomic mass is 32.2. The number of nitriles is 1. The maximum absolute atomic E-state index is 12.2. The monoisotopic (exact) mass is 286 g/mol. The number of pyridine rings is 1. The highest BCUT2D eigenvalue weighted by molar-refractivity contribution is 7.84. The standard InChI is InChI=1S/C14H10N2O3S/c15-8-12-6-10(4-5-16-12)9-20(19)13-3-1-2-11(7-13)14(17)18/h1-7H,9H2,(H,17,18). The van der Waals surface area contributed by atoms with E-state index in [1.165, 1.54) is 18.3 Å². The molecule has 6 heteroatoms. The van der Waals surface area contributed by atoms with Crippen molar-refractivity contribution in [2.45, 2.75) is 10.6 Å². The third-order valence-corrected chi connectivity index (χ3v) is 3.96. The van der Waals surface area contributed by atoms with Gasteiger partial charge in [-0.25, -0.2) is 9.78 Å². The van der Waals surface area contributed by atoms with Crippen LogP contribution in [0.15, 0.2) is 47.5 Å². The van der Waals surface area contributed by atoms with Crippen molar-refractivity contribution in [2.24, 2.45) is 0 Å². The van der Waals surface area contributed by atoms with Crippen LogP contribution < -0.4 is 0 Å². The summed E-state index contributed by atoms with van der Waals surface area (Å²) in [6, 6.07) is 11.2. The van der Waals surface area contributed by atoms with Crippen LogP contribution in [0.2, 0.25) is 0 Å². The fourth-order valence-corrected chi connectivity index (χ4v) is 2.77. The molecule has 100 valence electrons. The third-order valence-electron chi connectivity index (χ3n) is 2.58. The van der Waals surface area contributed by atoms with Gasteiger partial charge in [0.1, 0.15) is 11.8 Å². The molecular weight excluding hydrogens is 276 g/mol. The van der Waals surface area contributed by atoms with Crippen LogP contribution in [0.25, 0.3) is 0 Å². The zero-order valence-corrected chi connectivity index (χ0v) is 11.1. The third kappa shape index (κ3) is 3.28. The summed E-state index contributed by atoms with van der Waals surface area (Å²) in [6.07, 6.45) is 1.48. The summed E-state index contributed by atoms with van der Waals surface area (Å²) in [5.74, 6) is -0.847.